The number of hydrogen-bond acceptors (Lipinski definition) is 4. The maximum Gasteiger partial charge on any atom is 0.332 e. The minimum atomic E-state index is -1.20. The summed E-state index contributed by atoms with van der Waals surface area (Å²) >= 11 is 0. The molecule has 1 fully saturated rings. The second-order valence-electron chi connectivity index (χ2n) is 4.81. The number of hydrogen-bond donors (Lipinski definition) is 2. The molecule has 0 bridgehead atoms. The minimum Gasteiger partial charge on any atom is -0.464 e. The lowest BCUT2D eigenvalue weighted by atomic mass is 10.0. The highest BCUT2D eigenvalue weighted by molar-refractivity contribution is 6.01. The van der Waals surface area contributed by atoms with Crippen LogP contribution in [0.5, 0.6) is 0 Å². The standard InChI is InChI=1S/C13H24N2O3/c1-2-18-13(17)11(14)12(16)15-9-5-8-10-6-3-4-7-10/h10-11H,2-9,14H2,1H3,(H,15,16). The Bertz CT molecular complexity index is 275. The van der Waals surface area contributed by atoms with Crippen molar-refractivity contribution in [2.24, 2.45) is 11.7 Å². The summed E-state index contributed by atoms with van der Waals surface area (Å²) in [7, 11) is 0. The first-order valence-electron chi connectivity index (χ1n) is 6.85. The fourth-order valence-corrected chi connectivity index (χ4v) is 2.35. The SMILES string of the molecule is CCOC(=O)C(N)C(=O)NCCCC1CCCC1. The van der Waals surface area contributed by atoms with Gasteiger partial charge in [0.15, 0.2) is 6.04 Å². The van der Waals surface area contributed by atoms with Crippen molar-refractivity contribution in [1.82, 2.24) is 5.32 Å². The first-order valence-corrected chi connectivity index (χ1v) is 6.85. The van der Waals surface area contributed by atoms with E-state index >= 15 is 0 Å². The number of carbonyl (C=O) groups is 2. The smallest absolute Gasteiger partial charge is 0.332 e. The van der Waals surface area contributed by atoms with Gasteiger partial charge >= 0.3 is 5.97 Å². The Morgan fingerprint density at radius 3 is 2.67 bits per heavy atom. The third kappa shape index (κ3) is 5.04. The molecule has 0 spiro atoms. The van der Waals surface area contributed by atoms with E-state index in [0.717, 1.165) is 18.8 Å². The Hall–Kier alpha value is -1.10. The molecule has 3 N–H and O–H groups in total. The van der Waals surface area contributed by atoms with Crippen molar-refractivity contribution >= 4 is 11.9 Å². The van der Waals surface area contributed by atoms with E-state index in [2.05, 4.69) is 10.1 Å². The number of rotatable bonds is 7. The lowest BCUT2D eigenvalue weighted by molar-refractivity contribution is -0.147. The van der Waals surface area contributed by atoms with Crippen molar-refractivity contribution < 1.29 is 14.3 Å². The second kappa shape index (κ2) is 8.08. The first kappa shape index (κ1) is 15.0. The molecule has 18 heavy (non-hydrogen) atoms. The molecule has 1 rings (SSSR count). The Labute approximate surface area is 108 Å². The third-order valence-electron chi connectivity index (χ3n) is 3.39. The summed E-state index contributed by atoms with van der Waals surface area (Å²) in [5, 5.41) is 2.68. The average molecular weight is 256 g/mol. The van der Waals surface area contributed by atoms with E-state index in [1.165, 1.54) is 25.7 Å². The van der Waals surface area contributed by atoms with Crippen LogP contribution in [0.4, 0.5) is 0 Å². The van der Waals surface area contributed by atoms with Crippen LogP contribution in [-0.4, -0.2) is 31.1 Å². The van der Waals surface area contributed by atoms with Crippen LogP contribution in [0.25, 0.3) is 0 Å². The molecule has 0 aromatic heterocycles. The third-order valence-corrected chi connectivity index (χ3v) is 3.39. The molecule has 1 saturated carbocycles. The molecule has 0 heterocycles. The molecule has 1 aliphatic rings. The van der Waals surface area contributed by atoms with Gasteiger partial charge in [-0.15, -0.1) is 0 Å². The number of nitrogens with two attached hydrogens (primary N) is 1. The van der Waals surface area contributed by atoms with Crippen molar-refractivity contribution in [2.75, 3.05) is 13.2 Å². The van der Waals surface area contributed by atoms with Crippen LogP contribution in [-0.2, 0) is 14.3 Å². The van der Waals surface area contributed by atoms with Gasteiger partial charge in [-0.1, -0.05) is 25.7 Å². The summed E-state index contributed by atoms with van der Waals surface area (Å²) in [4.78, 5) is 22.7. The molecule has 1 unspecified atom stereocenters. The largest absolute Gasteiger partial charge is 0.464 e. The Balaban J connectivity index is 2.10. The number of ether oxygens (including phenoxy) is 1. The molecule has 1 amide bonds. The maximum absolute atomic E-state index is 11.5. The number of carbonyl (C=O) groups excluding carboxylic acids is 2. The van der Waals surface area contributed by atoms with Crippen LogP contribution in [0, 0.1) is 5.92 Å². The number of nitrogens with one attached hydrogen (secondary N) is 1. The zero-order chi connectivity index (χ0) is 13.4. The molecule has 0 radical (unpaired) electrons. The summed E-state index contributed by atoms with van der Waals surface area (Å²) in [6, 6.07) is -1.20. The van der Waals surface area contributed by atoms with Gasteiger partial charge in [0.25, 0.3) is 0 Å². The van der Waals surface area contributed by atoms with Crippen LogP contribution in [0.1, 0.15) is 45.4 Å². The molecular weight excluding hydrogens is 232 g/mol. The van der Waals surface area contributed by atoms with Gasteiger partial charge in [0.05, 0.1) is 6.61 Å². The molecule has 104 valence electrons. The molecule has 0 aromatic rings. The summed E-state index contributed by atoms with van der Waals surface area (Å²) in [6.45, 7) is 2.51. The minimum absolute atomic E-state index is 0.238. The van der Waals surface area contributed by atoms with E-state index < -0.39 is 17.9 Å². The van der Waals surface area contributed by atoms with Crippen molar-refractivity contribution in [2.45, 2.75) is 51.5 Å². The quantitative estimate of drug-likeness (QED) is 0.404. The van der Waals surface area contributed by atoms with E-state index in [1.54, 1.807) is 6.92 Å². The van der Waals surface area contributed by atoms with Gasteiger partial charge < -0.3 is 15.8 Å². The fourth-order valence-electron chi connectivity index (χ4n) is 2.35. The molecule has 0 saturated heterocycles. The predicted octanol–water partition coefficient (Wildman–Crippen LogP) is 0.963. The first-order chi connectivity index (χ1) is 8.65. The van der Waals surface area contributed by atoms with Crippen molar-refractivity contribution in [1.29, 1.82) is 0 Å². The molecule has 1 atom stereocenters. The van der Waals surface area contributed by atoms with Crippen LogP contribution >= 0.6 is 0 Å². The van der Waals surface area contributed by atoms with E-state index in [1.807, 2.05) is 0 Å². The Morgan fingerprint density at radius 2 is 2.06 bits per heavy atom. The van der Waals surface area contributed by atoms with Crippen LogP contribution in [0.15, 0.2) is 0 Å². The van der Waals surface area contributed by atoms with Crippen LogP contribution in [0.2, 0.25) is 0 Å². The van der Waals surface area contributed by atoms with E-state index in [9.17, 15) is 9.59 Å². The highest BCUT2D eigenvalue weighted by Gasteiger charge is 2.22. The monoisotopic (exact) mass is 256 g/mol. The van der Waals surface area contributed by atoms with E-state index in [0.29, 0.717) is 6.54 Å². The fraction of sp³-hybridized carbons (Fsp3) is 0.846. The number of esters is 1. The molecule has 1 aliphatic carbocycles. The second-order valence-corrected chi connectivity index (χ2v) is 4.81. The predicted molar refractivity (Wildman–Crippen MR) is 68.8 cm³/mol. The van der Waals surface area contributed by atoms with E-state index in [4.69, 9.17) is 5.73 Å². The summed E-state index contributed by atoms with van der Waals surface area (Å²) in [6.07, 6.45) is 7.41. The normalized spacial score (nSPS) is 17.4. The highest BCUT2D eigenvalue weighted by atomic mass is 16.5. The molecule has 5 nitrogen and oxygen atoms in total. The van der Waals surface area contributed by atoms with Crippen molar-refractivity contribution in [3.8, 4) is 0 Å². The molecule has 0 aliphatic heterocycles. The lowest BCUT2D eigenvalue weighted by Crippen LogP contribution is -2.47. The lowest BCUT2D eigenvalue weighted by Gasteiger charge is -2.12. The zero-order valence-electron chi connectivity index (χ0n) is 11.1. The Morgan fingerprint density at radius 1 is 1.39 bits per heavy atom. The van der Waals surface area contributed by atoms with Crippen LogP contribution in [0.3, 0.4) is 0 Å². The summed E-state index contributed by atoms with van der Waals surface area (Å²) in [5.74, 6) is -0.286. The number of amides is 1. The van der Waals surface area contributed by atoms with Gasteiger partial charge in [-0.05, 0) is 25.7 Å². The van der Waals surface area contributed by atoms with Crippen molar-refractivity contribution in [3.05, 3.63) is 0 Å². The molecule has 0 aromatic carbocycles. The van der Waals surface area contributed by atoms with Gasteiger partial charge in [0.2, 0.25) is 5.91 Å². The molecular formula is C13H24N2O3. The topological polar surface area (TPSA) is 81.4 Å². The Kier molecular flexibility index (Phi) is 6.72. The maximum atomic E-state index is 11.5. The van der Waals surface area contributed by atoms with Crippen molar-refractivity contribution in [3.63, 3.8) is 0 Å². The van der Waals surface area contributed by atoms with Gasteiger partial charge in [-0.25, -0.2) is 4.79 Å². The molecule has 5 heteroatoms. The van der Waals surface area contributed by atoms with E-state index in [-0.39, 0.29) is 6.61 Å². The van der Waals surface area contributed by atoms with Gasteiger partial charge in [0, 0.05) is 6.54 Å². The van der Waals surface area contributed by atoms with Gasteiger partial charge in [-0.2, -0.15) is 0 Å². The highest BCUT2D eigenvalue weighted by Crippen LogP contribution is 2.28. The summed E-state index contributed by atoms with van der Waals surface area (Å²) in [5.41, 5.74) is 5.46. The van der Waals surface area contributed by atoms with Gasteiger partial charge in [-0.3, -0.25) is 4.79 Å². The zero-order valence-corrected chi connectivity index (χ0v) is 11.1. The van der Waals surface area contributed by atoms with Gasteiger partial charge in [0.1, 0.15) is 0 Å². The summed E-state index contributed by atoms with van der Waals surface area (Å²) < 4.78 is 4.69. The van der Waals surface area contributed by atoms with Crippen LogP contribution < -0.4 is 11.1 Å². The average Bonchev–Trinajstić information content (AvgIpc) is 2.86.